The van der Waals surface area contributed by atoms with E-state index >= 15 is 0 Å². The predicted octanol–water partition coefficient (Wildman–Crippen LogP) is 3.05. The van der Waals surface area contributed by atoms with Gasteiger partial charge >= 0.3 is 0 Å². The van der Waals surface area contributed by atoms with Gasteiger partial charge in [-0.05, 0) is 19.1 Å². The van der Waals surface area contributed by atoms with Gasteiger partial charge in [0.2, 0.25) is 0 Å². The van der Waals surface area contributed by atoms with Crippen molar-refractivity contribution in [3.8, 4) is 11.3 Å². The second-order valence-corrected chi connectivity index (χ2v) is 5.07. The SMILES string of the molecule is CNc1nc(-c2ccc3c(c2)nc(C)n3C)cs1. The highest BCUT2D eigenvalue weighted by atomic mass is 32.1. The lowest BCUT2D eigenvalue weighted by molar-refractivity contribution is 0.886. The Bertz CT molecular complexity index is 711. The predicted molar refractivity (Wildman–Crippen MR) is 76.1 cm³/mol. The van der Waals surface area contributed by atoms with Crippen molar-refractivity contribution in [2.24, 2.45) is 7.05 Å². The number of imidazole rings is 1. The number of nitrogens with one attached hydrogen (secondary N) is 1. The summed E-state index contributed by atoms with van der Waals surface area (Å²) in [7, 11) is 3.92. The average Bonchev–Trinajstić information content (AvgIpc) is 2.95. The molecule has 0 saturated heterocycles. The van der Waals surface area contributed by atoms with Gasteiger partial charge in [-0.25, -0.2) is 9.97 Å². The van der Waals surface area contributed by atoms with E-state index in [0.717, 1.165) is 33.2 Å². The Morgan fingerprint density at radius 3 is 2.83 bits per heavy atom. The molecule has 0 spiro atoms. The van der Waals surface area contributed by atoms with Crippen molar-refractivity contribution in [2.75, 3.05) is 12.4 Å². The minimum Gasteiger partial charge on any atom is -0.365 e. The van der Waals surface area contributed by atoms with E-state index in [1.165, 1.54) is 0 Å². The van der Waals surface area contributed by atoms with Gasteiger partial charge in [0.25, 0.3) is 0 Å². The number of hydrogen-bond acceptors (Lipinski definition) is 4. The van der Waals surface area contributed by atoms with E-state index in [1.54, 1.807) is 11.3 Å². The second kappa shape index (κ2) is 4.10. The lowest BCUT2D eigenvalue weighted by Crippen LogP contribution is -1.89. The van der Waals surface area contributed by atoms with Gasteiger partial charge in [0.15, 0.2) is 5.13 Å². The molecular formula is C13H14N4S. The summed E-state index contributed by atoms with van der Waals surface area (Å²) in [6, 6.07) is 6.29. The molecule has 0 aliphatic rings. The molecule has 5 heteroatoms. The zero-order valence-corrected chi connectivity index (χ0v) is 11.4. The van der Waals surface area contributed by atoms with Gasteiger partial charge in [0.1, 0.15) is 5.82 Å². The molecule has 1 N–H and O–H groups in total. The highest BCUT2D eigenvalue weighted by molar-refractivity contribution is 7.14. The van der Waals surface area contributed by atoms with E-state index in [-0.39, 0.29) is 0 Å². The summed E-state index contributed by atoms with van der Waals surface area (Å²) in [6.45, 7) is 2.02. The molecule has 1 aromatic carbocycles. The molecule has 2 aromatic heterocycles. The largest absolute Gasteiger partial charge is 0.365 e. The Labute approximate surface area is 109 Å². The molecular weight excluding hydrogens is 244 g/mol. The molecule has 0 fully saturated rings. The van der Waals surface area contributed by atoms with Crippen LogP contribution in [0.25, 0.3) is 22.3 Å². The number of benzene rings is 1. The summed E-state index contributed by atoms with van der Waals surface area (Å²) in [5.41, 5.74) is 4.28. The smallest absolute Gasteiger partial charge is 0.182 e. The van der Waals surface area contributed by atoms with Crippen molar-refractivity contribution in [2.45, 2.75) is 6.92 Å². The van der Waals surface area contributed by atoms with E-state index in [2.05, 4.69) is 43.4 Å². The third-order valence-corrected chi connectivity index (χ3v) is 3.98. The minimum absolute atomic E-state index is 0.933. The van der Waals surface area contributed by atoms with Gasteiger partial charge in [-0.15, -0.1) is 11.3 Å². The van der Waals surface area contributed by atoms with Crippen LogP contribution in [-0.4, -0.2) is 21.6 Å². The Morgan fingerprint density at radius 1 is 1.28 bits per heavy atom. The standard InChI is InChI=1S/C13H14N4S/c1-8-15-10-6-9(4-5-12(10)17(8)3)11-7-18-13(14-2)16-11/h4-7H,1-3H3,(H,14,16). The van der Waals surface area contributed by atoms with E-state index in [0.29, 0.717) is 0 Å². The quantitative estimate of drug-likeness (QED) is 0.768. The number of nitrogens with zero attached hydrogens (tertiary/aromatic N) is 3. The maximum atomic E-state index is 4.55. The van der Waals surface area contributed by atoms with Crippen LogP contribution in [0.15, 0.2) is 23.6 Å². The third kappa shape index (κ3) is 1.67. The van der Waals surface area contributed by atoms with Crippen molar-refractivity contribution in [1.82, 2.24) is 14.5 Å². The number of aryl methyl sites for hydroxylation is 2. The van der Waals surface area contributed by atoms with Crippen LogP contribution in [0, 0.1) is 6.92 Å². The summed E-state index contributed by atoms with van der Waals surface area (Å²) in [6.07, 6.45) is 0. The summed E-state index contributed by atoms with van der Waals surface area (Å²) >= 11 is 1.61. The van der Waals surface area contributed by atoms with Crippen molar-refractivity contribution in [1.29, 1.82) is 0 Å². The molecule has 0 radical (unpaired) electrons. The van der Waals surface area contributed by atoms with Crippen molar-refractivity contribution in [3.05, 3.63) is 29.4 Å². The highest BCUT2D eigenvalue weighted by Crippen LogP contribution is 2.27. The van der Waals surface area contributed by atoms with Crippen molar-refractivity contribution in [3.63, 3.8) is 0 Å². The molecule has 0 unspecified atom stereocenters. The minimum atomic E-state index is 0.933. The van der Waals surface area contributed by atoms with E-state index in [4.69, 9.17) is 0 Å². The van der Waals surface area contributed by atoms with Gasteiger partial charge in [-0.2, -0.15) is 0 Å². The molecule has 2 heterocycles. The molecule has 0 saturated carbocycles. The number of thiazole rings is 1. The number of anilines is 1. The first-order valence-corrected chi connectivity index (χ1v) is 6.64. The maximum Gasteiger partial charge on any atom is 0.182 e. The molecule has 18 heavy (non-hydrogen) atoms. The van der Waals surface area contributed by atoms with Crippen LogP contribution in [0.1, 0.15) is 5.82 Å². The van der Waals surface area contributed by atoms with Crippen LogP contribution in [0.4, 0.5) is 5.13 Å². The maximum absolute atomic E-state index is 4.55. The first-order valence-electron chi connectivity index (χ1n) is 5.76. The van der Waals surface area contributed by atoms with Crippen LogP contribution in [0.5, 0.6) is 0 Å². The average molecular weight is 258 g/mol. The highest BCUT2D eigenvalue weighted by Gasteiger charge is 2.08. The number of aromatic nitrogens is 3. The Balaban J connectivity index is 2.13. The molecule has 0 bridgehead atoms. The lowest BCUT2D eigenvalue weighted by atomic mass is 10.1. The van der Waals surface area contributed by atoms with Gasteiger partial charge in [-0.1, -0.05) is 6.07 Å². The summed E-state index contributed by atoms with van der Waals surface area (Å²) in [5.74, 6) is 1.02. The Morgan fingerprint density at radius 2 is 2.11 bits per heavy atom. The van der Waals surface area contributed by atoms with Gasteiger partial charge < -0.3 is 9.88 Å². The monoisotopic (exact) mass is 258 g/mol. The Kier molecular flexibility index (Phi) is 2.56. The molecule has 0 amide bonds. The number of rotatable bonds is 2. The third-order valence-electron chi connectivity index (χ3n) is 3.12. The van der Waals surface area contributed by atoms with Gasteiger partial charge in [0, 0.05) is 25.0 Å². The zero-order chi connectivity index (χ0) is 12.7. The normalized spacial score (nSPS) is 11.1. The van der Waals surface area contributed by atoms with Crippen LogP contribution in [-0.2, 0) is 7.05 Å². The fourth-order valence-corrected chi connectivity index (χ4v) is 2.68. The molecule has 3 rings (SSSR count). The second-order valence-electron chi connectivity index (χ2n) is 4.21. The molecule has 0 aliphatic carbocycles. The van der Waals surface area contributed by atoms with E-state index in [1.807, 2.05) is 21.0 Å². The fourth-order valence-electron chi connectivity index (χ4n) is 2.00. The first kappa shape index (κ1) is 11.2. The molecule has 0 atom stereocenters. The van der Waals surface area contributed by atoms with E-state index in [9.17, 15) is 0 Å². The fraction of sp³-hybridized carbons (Fsp3) is 0.231. The number of fused-ring (bicyclic) bond motifs is 1. The van der Waals surface area contributed by atoms with Gasteiger partial charge in [-0.3, -0.25) is 0 Å². The zero-order valence-electron chi connectivity index (χ0n) is 10.6. The summed E-state index contributed by atoms with van der Waals surface area (Å²) in [4.78, 5) is 9.06. The van der Waals surface area contributed by atoms with Crippen LogP contribution < -0.4 is 5.32 Å². The van der Waals surface area contributed by atoms with E-state index < -0.39 is 0 Å². The summed E-state index contributed by atoms with van der Waals surface area (Å²) in [5, 5.41) is 6.05. The van der Waals surface area contributed by atoms with Crippen LogP contribution in [0.3, 0.4) is 0 Å². The first-order chi connectivity index (χ1) is 8.69. The van der Waals surface area contributed by atoms with Crippen LogP contribution in [0.2, 0.25) is 0 Å². The number of hydrogen-bond donors (Lipinski definition) is 1. The lowest BCUT2D eigenvalue weighted by Gasteiger charge is -1.98. The van der Waals surface area contributed by atoms with Gasteiger partial charge in [0.05, 0.1) is 16.7 Å². The summed E-state index contributed by atoms with van der Waals surface area (Å²) < 4.78 is 2.10. The molecule has 92 valence electrons. The topological polar surface area (TPSA) is 42.7 Å². The molecule has 3 aromatic rings. The Hall–Kier alpha value is -1.88. The van der Waals surface area contributed by atoms with Crippen molar-refractivity contribution < 1.29 is 0 Å². The van der Waals surface area contributed by atoms with Crippen LogP contribution >= 0.6 is 11.3 Å². The molecule has 0 aliphatic heterocycles. The van der Waals surface area contributed by atoms with Crippen molar-refractivity contribution >= 4 is 27.5 Å². The molecule has 4 nitrogen and oxygen atoms in total.